The van der Waals surface area contributed by atoms with Gasteiger partial charge in [-0.3, -0.25) is 9.59 Å². The number of carbonyl (C=O) groups is 2. The van der Waals surface area contributed by atoms with E-state index in [0.717, 1.165) is 31.2 Å². The Bertz CT molecular complexity index is 599. The maximum absolute atomic E-state index is 12.1. The molecule has 0 aliphatic carbocycles. The van der Waals surface area contributed by atoms with Crippen molar-refractivity contribution in [2.24, 2.45) is 0 Å². The molecule has 1 aliphatic rings. The van der Waals surface area contributed by atoms with Crippen LogP contribution in [0.5, 0.6) is 0 Å². The van der Waals surface area contributed by atoms with E-state index in [-0.39, 0.29) is 18.4 Å². The smallest absolute Gasteiger partial charge is 0.303 e. The molecule has 5 heteroatoms. The third-order valence-electron chi connectivity index (χ3n) is 4.76. The van der Waals surface area contributed by atoms with Crippen LogP contribution >= 0.6 is 0 Å². The molecule has 1 aromatic carbocycles. The molecule has 1 unspecified atom stereocenters. The molecule has 0 spiro atoms. The summed E-state index contributed by atoms with van der Waals surface area (Å²) in [6.07, 6.45) is 8.75. The maximum Gasteiger partial charge on any atom is 0.303 e. The summed E-state index contributed by atoms with van der Waals surface area (Å²) in [7, 11) is 0. The van der Waals surface area contributed by atoms with E-state index >= 15 is 0 Å². The fourth-order valence-electron chi connectivity index (χ4n) is 3.34. The van der Waals surface area contributed by atoms with Crippen molar-refractivity contribution in [2.75, 3.05) is 6.54 Å². The molecule has 0 radical (unpaired) electrons. The SMILES string of the molecule is O=C(O)CCCCCCN1C(=O)CC[C@@H]1C=CC(O)Cc1ccccc1. The number of likely N-dealkylation sites (tertiary alicyclic amines) is 1. The van der Waals surface area contributed by atoms with Crippen LogP contribution in [0.1, 0.15) is 50.5 Å². The lowest BCUT2D eigenvalue weighted by molar-refractivity contribution is -0.137. The van der Waals surface area contributed by atoms with Crippen molar-refractivity contribution in [1.29, 1.82) is 0 Å². The minimum absolute atomic E-state index is 0.0620. The number of hydrogen-bond acceptors (Lipinski definition) is 3. The van der Waals surface area contributed by atoms with E-state index in [1.807, 2.05) is 41.3 Å². The third-order valence-corrected chi connectivity index (χ3v) is 4.76. The quantitative estimate of drug-likeness (QED) is 0.470. The summed E-state index contributed by atoms with van der Waals surface area (Å²) in [5.41, 5.74) is 1.09. The fourth-order valence-corrected chi connectivity index (χ4v) is 3.34. The average molecular weight is 359 g/mol. The Balaban J connectivity index is 1.74. The number of amides is 1. The van der Waals surface area contributed by atoms with Gasteiger partial charge in [0.15, 0.2) is 0 Å². The molecule has 2 atom stereocenters. The van der Waals surface area contributed by atoms with Crippen LogP contribution in [-0.2, 0) is 16.0 Å². The molecule has 1 amide bonds. The first-order valence-corrected chi connectivity index (χ1v) is 9.48. The third kappa shape index (κ3) is 7.00. The topological polar surface area (TPSA) is 77.8 Å². The number of nitrogens with zero attached hydrogens (tertiary/aromatic N) is 1. The summed E-state index contributed by atoms with van der Waals surface area (Å²) in [5.74, 6) is -0.582. The molecular weight excluding hydrogens is 330 g/mol. The van der Waals surface area contributed by atoms with Crippen LogP contribution in [0.3, 0.4) is 0 Å². The molecule has 0 bridgehead atoms. The molecule has 1 aromatic rings. The predicted molar refractivity (Wildman–Crippen MR) is 101 cm³/mol. The van der Waals surface area contributed by atoms with Crippen LogP contribution < -0.4 is 0 Å². The molecule has 2 rings (SSSR count). The van der Waals surface area contributed by atoms with Crippen molar-refractivity contribution in [3.8, 4) is 0 Å². The van der Waals surface area contributed by atoms with Crippen LogP contribution in [0.2, 0.25) is 0 Å². The number of benzene rings is 1. The number of carboxylic acid groups (broad SMARTS) is 1. The number of hydrogen-bond donors (Lipinski definition) is 2. The Morgan fingerprint density at radius 2 is 1.92 bits per heavy atom. The highest BCUT2D eigenvalue weighted by Gasteiger charge is 2.28. The Kier molecular flexibility index (Phi) is 8.35. The van der Waals surface area contributed by atoms with Gasteiger partial charge in [0.25, 0.3) is 0 Å². The Morgan fingerprint density at radius 3 is 2.65 bits per heavy atom. The molecular formula is C21H29NO4. The molecule has 1 aliphatic heterocycles. The normalized spacial score (nSPS) is 18.6. The van der Waals surface area contributed by atoms with Gasteiger partial charge < -0.3 is 15.1 Å². The number of rotatable bonds is 11. The Labute approximate surface area is 155 Å². The molecule has 2 N–H and O–H groups in total. The second-order valence-corrected chi connectivity index (χ2v) is 6.89. The van der Waals surface area contributed by atoms with Gasteiger partial charge in [-0.2, -0.15) is 0 Å². The molecule has 1 heterocycles. The van der Waals surface area contributed by atoms with E-state index in [4.69, 9.17) is 5.11 Å². The molecule has 0 aromatic heterocycles. The number of carboxylic acids is 1. The van der Waals surface area contributed by atoms with Crippen molar-refractivity contribution < 1.29 is 19.8 Å². The van der Waals surface area contributed by atoms with Crippen molar-refractivity contribution in [3.05, 3.63) is 48.0 Å². The van der Waals surface area contributed by atoms with E-state index in [1.165, 1.54) is 0 Å². The van der Waals surface area contributed by atoms with Gasteiger partial charge in [-0.05, 0) is 24.8 Å². The second-order valence-electron chi connectivity index (χ2n) is 6.89. The average Bonchev–Trinajstić information content (AvgIpc) is 2.97. The highest BCUT2D eigenvalue weighted by molar-refractivity contribution is 5.79. The number of aliphatic hydroxyl groups excluding tert-OH is 1. The maximum atomic E-state index is 12.1. The zero-order valence-corrected chi connectivity index (χ0v) is 15.2. The van der Waals surface area contributed by atoms with Gasteiger partial charge in [0.1, 0.15) is 0 Å². The van der Waals surface area contributed by atoms with Gasteiger partial charge in [-0.15, -0.1) is 0 Å². The first-order chi connectivity index (χ1) is 12.6. The van der Waals surface area contributed by atoms with E-state index < -0.39 is 12.1 Å². The van der Waals surface area contributed by atoms with Gasteiger partial charge in [-0.1, -0.05) is 55.3 Å². The number of carbonyl (C=O) groups excluding carboxylic acids is 1. The lowest BCUT2D eigenvalue weighted by Crippen LogP contribution is -2.32. The van der Waals surface area contributed by atoms with Crippen LogP contribution in [0.4, 0.5) is 0 Å². The monoisotopic (exact) mass is 359 g/mol. The molecule has 26 heavy (non-hydrogen) atoms. The van der Waals surface area contributed by atoms with Gasteiger partial charge >= 0.3 is 5.97 Å². The van der Waals surface area contributed by atoms with E-state index in [0.29, 0.717) is 25.8 Å². The first-order valence-electron chi connectivity index (χ1n) is 9.48. The van der Waals surface area contributed by atoms with Crippen LogP contribution in [0, 0.1) is 0 Å². The van der Waals surface area contributed by atoms with Crippen LogP contribution in [0.15, 0.2) is 42.5 Å². The summed E-state index contributed by atoms with van der Waals surface area (Å²) in [4.78, 5) is 24.5. The Hall–Kier alpha value is -2.14. The lowest BCUT2D eigenvalue weighted by atomic mass is 10.1. The number of aliphatic carboxylic acids is 1. The van der Waals surface area contributed by atoms with E-state index in [2.05, 4.69) is 0 Å². The van der Waals surface area contributed by atoms with Crippen LogP contribution in [-0.4, -0.2) is 45.7 Å². The first kappa shape index (κ1) is 20.2. The molecule has 142 valence electrons. The predicted octanol–water partition coefficient (Wildman–Crippen LogP) is 3.17. The van der Waals surface area contributed by atoms with E-state index in [9.17, 15) is 14.7 Å². The van der Waals surface area contributed by atoms with Crippen molar-refractivity contribution in [2.45, 2.75) is 63.5 Å². The number of aliphatic hydroxyl groups is 1. The zero-order chi connectivity index (χ0) is 18.8. The minimum atomic E-state index is -0.751. The van der Waals surface area contributed by atoms with Crippen molar-refractivity contribution in [3.63, 3.8) is 0 Å². The van der Waals surface area contributed by atoms with Gasteiger partial charge in [0.05, 0.1) is 12.1 Å². The van der Waals surface area contributed by atoms with Gasteiger partial charge in [0.2, 0.25) is 5.91 Å². The van der Waals surface area contributed by atoms with Crippen molar-refractivity contribution >= 4 is 11.9 Å². The molecule has 5 nitrogen and oxygen atoms in total. The van der Waals surface area contributed by atoms with Crippen molar-refractivity contribution in [1.82, 2.24) is 4.90 Å². The summed E-state index contributed by atoms with van der Waals surface area (Å²) in [5, 5.41) is 18.8. The largest absolute Gasteiger partial charge is 0.481 e. The lowest BCUT2D eigenvalue weighted by Gasteiger charge is -2.22. The highest BCUT2D eigenvalue weighted by atomic mass is 16.4. The summed E-state index contributed by atoms with van der Waals surface area (Å²) >= 11 is 0. The van der Waals surface area contributed by atoms with Crippen LogP contribution in [0.25, 0.3) is 0 Å². The minimum Gasteiger partial charge on any atom is -0.481 e. The van der Waals surface area contributed by atoms with E-state index in [1.54, 1.807) is 6.08 Å². The van der Waals surface area contributed by atoms with Gasteiger partial charge in [0, 0.05) is 25.8 Å². The molecule has 0 saturated carbocycles. The summed E-state index contributed by atoms with van der Waals surface area (Å²) < 4.78 is 0. The standard InChI is InChI=1S/C21H29NO4/c23-19(16-17-8-4-3-5-9-17)13-11-18-12-14-20(24)22(18)15-7-2-1-6-10-21(25)26/h3-5,8-9,11,13,18-19,23H,1-2,6-7,10,12,14-16H2,(H,25,26)/t18-,19?/m0/s1. The molecule has 1 fully saturated rings. The number of unbranched alkanes of at least 4 members (excludes halogenated alkanes) is 3. The zero-order valence-electron chi connectivity index (χ0n) is 15.2. The van der Waals surface area contributed by atoms with Gasteiger partial charge in [-0.25, -0.2) is 0 Å². The second kappa shape index (κ2) is 10.8. The molecule has 1 saturated heterocycles. The highest BCUT2D eigenvalue weighted by Crippen LogP contribution is 2.21. The Morgan fingerprint density at radius 1 is 1.19 bits per heavy atom. The summed E-state index contributed by atoms with van der Waals surface area (Å²) in [6.45, 7) is 0.704. The summed E-state index contributed by atoms with van der Waals surface area (Å²) in [6, 6.07) is 9.92. The fraction of sp³-hybridized carbons (Fsp3) is 0.524.